The average molecular weight is 242 g/mol. The SMILES string of the molecule is O=C1CC[C@H](C(=O)N2CCOCC2C(=O)O)N1. The third-order valence-electron chi connectivity index (χ3n) is 2.99. The largest absolute Gasteiger partial charge is 0.480 e. The van der Waals surface area contributed by atoms with Crippen molar-refractivity contribution in [2.45, 2.75) is 24.9 Å². The quantitative estimate of drug-likeness (QED) is 0.619. The third kappa shape index (κ3) is 2.38. The number of carbonyl (C=O) groups excluding carboxylic acids is 2. The summed E-state index contributed by atoms with van der Waals surface area (Å²) < 4.78 is 5.05. The summed E-state index contributed by atoms with van der Waals surface area (Å²) in [6.45, 7) is 0.583. The van der Waals surface area contributed by atoms with Gasteiger partial charge >= 0.3 is 5.97 Å². The Labute approximate surface area is 97.7 Å². The van der Waals surface area contributed by atoms with Crippen LogP contribution in [0.4, 0.5) is 0 Å². The van der Waals surface area contributed by atoms with E-state index in [1.165, 1.54) is 4.90 Å². The molecule has 17 heavy (non-hydrogen) atoms. The minimum absolute atomic E-state index is 0.00173. The molecule has 2 rings (SSSR count). The van der Waals surface area contributed by atoms with E-state index in [1.807, 2.05) is 0 Å². The molecular weight excluding hydrogens is 228 g/mol. The second kappa shape index (κ2) is 4.70. The van der Waals surface area contributed by atoms with Crippen LogP contribution in [-0.2, 0) is 19.1 Å². The Bertz CT molecular complexity index is 357. The van der Waals surface area contributed by atoms with E-state index in [1.54, 1.807) is 0 Å². The van der Waals surface area contributed by atoms with Crippen molar-refractivity contribution in [3.63, 3.8) is 0 Å². The molecule has 1 unspecified atom stereocenters. The van der Waals surface area contributed by atoms with Crippen LogP contribution in [-0.4, -0.2) is 59.6 Å². The number of amides is 2. The number of nitrogens with zero attached hydrogens (tertiary/aromatic N) is 1. The number of carboxylic acids is 1. The molecule has 0 aromatic rings. The lowest BCUT2D eigenvalue weighted by Gasteiger charge is -2.34. The first-order chi connectivity index (χ1) is 8.09. The van der Waals surface area contributed by atoms with Gasteiger partial charge < -0.3 is 20.1 Å². The zero-order valence-electron chi connectivity index (χ0n) is 9.22. The topological polar surface area (TPSA) is 95.9 Å². The molecule has 0 aromatic carbocycles. The number of aliphatic carboxylic acids is 1. The summed E-state index contributed by atoms with van der Waals surface area (Å²) in [5, 5.41) is 11.5. The van der Waals surface area contributed by atoms with Crippen LogP contribution in [0.15, 0.2) is 0 Å². The summed E-state index contributed by atoms with van der Waals surface area (Å²) >= 11 is 0. The molecule has 2 amide bonds. The first-order valence-electron chi connectivity index (χ1n) is 5.50. The Hall–Kier alpha value is -1.63. The van der Waals surface area contributed by atoms with E-state index in [-0.39, 0.29) is 25.0 Å². The van der Waals surface area contributed by atoms with Crippen LogP contribution >= 0.6 is 0 Å². The molecule has 0 aliphatic carbocycles. The molecule has 2 heterocycles. The molecule has 0 spiro atoms. The second-order valence-corrected chi connectivity index (χ2v) is 4.12. The lowest BCUT2D eigenvalue weighted by molar-refractivity contribution is -0.159. The summed E-state index contributed by atoms with van der Waals surface area (Å²) in [5.74, 6) is -1.57. The predicted molar refractivity (Wildman–Crippen MR) is 55.1 cm³/mol. The molecule has 7 heteroatoms. The molecule has 0 radical (unpaired) electrons. The molecule has 2 aliphatic heterocycles. The Morgan fingerprint density at radius 2 is 2.24 bits per heavy atom. The van der Waals surface area contributed by atoms with Crippen LogP contribution in [0.1, 0.15) is 12.8 Å². The van der Waals surface area contributed by atoms with Gasteiger partial charge in [-0.3, -0.25) is 9.59 Å². The number of morpholine rings is 1. The van der Waals surface area contributed by atoms with Crippen molar-refractivity contribution in [1.29, 1.82) is 0 Å². The van der Waals surface area contributed by atoms with Crippen LogP contribution in [0, 0.1) is 0 Å². The Morgan fingerprint density at radius 1 is 1.47 bits per heavy atom. The van der Waals surface area contributed by atoms with Crippen molar-refractivity contribution < 1.29 is 24.2 Å². The highest BCUT2D eigenvalue weighted by molar-refractivity contribution is 5.93. The molecule has 7 nitrogen and oxygen atoms in total. The monoisotopic (exact) mass is 242 g/mol. The third-order valence-corrected chi connectivity index (χ3v) is 2.99. The van der Waals surface area contributed by atoms with Crippen LogP contribution in [0.2, 0.25) is 0 Å². The lowest BCUT2D eigenvalue weighted by atomic mass is 10.1. The lowest BCUT2D eigenvalue weighted by Crippen LogP contribution is -2.56. The number of nitrogens with one attached hydrogen (secondary N) is 1. The van der Waals surface area contributed by atoms with E-state index in [0.717, 1.165) is 0 Å². The maximum atomic E-state index is 12.1. The van der Waals surface area contributed by atoms with Crippen molar-refractivity contribution in [2.24, 2.45) is 0 Å². The van der Waals surface area contributed by atoms with E-state index in [0.29, 0.717) is 19.4 Å². The van der Waals surface area contributed by atoms with Gasteiger partial charge in [0.05, 0.1) is 13.2 Å². The molecule has 2 N–H and O–H groups in total. The van der Waals surface area contributed by atoms with Gasteiger partial charge in [0.15, 0.2) is 6.04 Å². The fraction of sp³-hybridized carbons (Fsp3) is 0.700. The number of rotatable bonds is 2. The number of carboxylic acid groups (broad SMARTS) is 1. The van der Waals surface area contributed by atoms with Gasteiger partial charge in [0.2, 0.25) is 11.8 Å². The summed E-state index contributed by atoms with van der Waals surface area (Å²) in [5.41, 5.74) is 0. The number of carbonyl (C=O) groups is 3. The van der Waals surface area contributed by atoms with Crippen molar-refractivity contribution >= 4 is 17.8 Å². The van der Waals surface area contributed by atoms with Gasteiger partial charge in [-0.15, -0.1) is 0 Å². The Morgan fingerprint density at radius 3 is 2.82 bits per heavy atom. The molecule has 94 valence electrons. The zero-order chi connectivity index (χ0) is 12.4. The van der Waals surface area contributed by atoms with Gasteiger partial charge in [-0.05, 0) is 6.42 Å². The van der Waals surface area contributed by atoms with E-state index < -0.39 is 18.1 Å². The van der Waals surface area contributed by atoms with Crippen LogP contribution in [0.3, 0.4) is 0 Å². The molecule has 0 bridgehead atoms. The number of ether oxygens (including phenoxy) is 1. The summed E-state index contributed by atoms with van der Waals surface area (Å²) in [7, 11) is 0. The standard InChI is InChI=1S/C10H14N2O5/c13-8-2-1-6(11-8)9(14)12-3-4-17-5-7(12)10(15)16/h6-7H,1-5H2,(H,11,13)(H,15,16)/t6-,7?/m1/s1. The van der Waals surface area contributed by atoms with Crippen LogP contribution in [0.5, 0.6) is 0 Å². The van der Waals surface area contributed by atoms with E-state index >= 15 is 0 Å². The predicted octanol–water partition coefficient (Wildman–Crippen LogP) is -1.42. The summed E-state index contributed by atoms with van der Waals surface area (Å²) in [6.07, 6.45) is 0.750. The van der Waals surface area contributed by atoms with Crippen molar-refractivity contribution in [2.75, 3.05) is 19.8 Å². The van der Waals surface area contributed by atoms with Crippen molar-refractivity contribution in [1.82, 2.24) is 10.2 Å². The van der Waals surface area contributed by atoms with Gasteiger partial charge in [-0.1, -0.05) is 0 Å². The minimum Gasteiger partial charge on any atom is -0.480 e. The van der Waals surface area contributed by atoms with Crippen LogP contribution in [0.25, 0.3) is 0 Å². The Kier molecular flexibility index (Phi) is 3.28. The highest BCUT2D eigenvalue weighted by Crippen LogP contribution is 2.14. The smallest absolute Gasteiger partial charge is 0.328 e. The minimum atomic E-state index is -1.08. The van der Waals surface area contributed by atoms with Gasteiger partial charge in [0.1, 0.15) is 6.04 Å². The van der Waals surface area contributed by atoms with Crippen molar-refractivity contribution in [3.8, 4) is 0 Å². The molecular formula is C10H14N2O5. The van der Waals surface area contributed by atoms with E-state index in [9.17, 15) is 14.4 Å². The van der Waals surface area contributed by atoms with Gasteiger partial charge in [0.25, 0.3) is 0 Å². The second-order valence-electron chi connectivity index (χ2n) is 4.12. The van der Waals surface area contributed by atoms with E-state index in [4.69, 9.17) is 9.84 Å². The van der Waals surface area contributed by atoms with Gasteiger partial charge in [-0.25, -0.2) is 4.79 Å². The molecule has 0 saturated carbocycles. The summed E-state index contributed by atoms with van der Waals surface area (Å²) in [4.78, 5) is 35.4. The fourth-order valence-corrected chi connectivity index (χ4v) is 2.07. The average Bonchev–Trinajstić information content (AvgIpc) is 2.75. The van der Waals surface area contributed by atoms with E-state index in [2.05, 4.69) is 5.32 Å². The molecule has 2 atom stereocenters. The molecule has 2 aliphatic rings. The molecule has 2 fully saturated rings. The normalized spacial score (nSPS) is 28.9. The number of hydrogen-bond donors (Lipinski definition) is 2. The van der Waals surface area contributed by atoms with Gasteiger partial charge in [-0.2, -0.15) is 0 Å². The van der Waals surface area contributed by atoms with Crippen molar-refractivity contribution in [3.05, 3.63) is 0 Å². The first-order valence-corrected chi connectivity index (χ1v) is 5.50. The van der Waals surface area contributed by atoms with Gasteiger partial charge in [0, 0.05) is 13.0 Å². The molecule has 2 saturated heterocycles. The molecule has 0 aromatic heterocycles. The summed E-state index contributed by atoms with van der Waals surface area (Å²) in [6, 6.07) is -1.53. The maximum Gasteiger partial charge on any atom is 0.328 e. The first kappa shape index (κ1) is 11.8. The maximum absolute atomic E-state index is 12.1. The fourth-order valence-electron chi connectivity index (χ4n) is 2.07. The zero-order valence-corrected chi connectivity index (χ0v) is 9.22. The highest BCUT2D eigenvalue weighted by Gasteiger charge is 2.38. The number of hydrogen-bond acceptors (Lipinski definition) is 4. The Balaban J connectivity index is 2.06. The highest BCUT2D eigenvalue weighted by atomic mass is 16.5. The van der Waals surface area contributed by atoms with Crippen LogP contribution < -0.4 is 5.32 Å².